The van der Waals surface area contributed by atoms with E-state index < -0.39 is 11.0 Å². The Labute approximate surface area is 157 Å². The summed E-state index contributed by atoms with van der Waals surface area (Å²) in [6, 6.07) is 7.52. The molecule has 0 saturated heterocycles. The van der Waals surface area contributed by atoms with E-state index >= 15 is 0 Å². The van der Waals surface area contributed by atoms with Crippen LogP contribution in [0.1, 0.15) is 58.9 Å². The molecule has 0 radical (unpaired) electrons. The minimum atomic E-state index is -0.888. The van der Waals surface area contributed by atoms with E-state index in [1.165, 1.54) is 19.3 Å². The van der Waals surface area contributed by atoms with Crippen LogP contribution >= 0.6 is 0 Å². The summed E-state index contributed by atoms with van der Waals surface area (Å²) in [6.45, 7) is 8.63. The zero-order valence-electron chi connectivity index (χ0n) is 16.8. The Morgan fingerprint density at radius 2 is 2.12 bits per heavy atom. The van der Waals surface area contributed by atoms with Gasteiger partial charge in [0.15, 0.2) is 0 Å². The van der Waals surface area contributed by atoms with Crippen molar-refractivity contribution >= 4 is 5.97 Å². The maximum atomic E-state index is 12.2. The molecule has 0 heterocycles. The molecule has 3 rings (SSSR count). The van der Waals surface area contributed by atoms with E-state index in [2.05, 4.69) is 12.2 Å². The first-order chi connectivity index (χ1) is 12.1. The number of hydrogen-bond donors (Lipinski definition) is 2. The van der Waals surface area contributed by atoms with E-state index in [1.807, 2.05) is 46.0 Å². The highest BCUT2D eigenvalue weighted by molar-refractivity contribution is 5.77. The average molecular weight is 360 g/mol. The second kappa shape index (κ2) is 6.65. The molecule has 4 heteroatoms. The van der Waals surface area contributed by atoms with Gasteiger partial charge in [-0.15, -0.1) is 0 Å². The molecule has 144 valence electrons. The Bertz CT molecular complexity index is 680. The van der Waals surface area contributed by atoms with Crippen molar-refractivity contribution in [3.05, 3.63) is 29.8 Å². The number of aliphatic hydroxyl groups is 1. The van der Waals surface area contributed by atoms with Crippen molar-refractivity contribution in [1.82, 2.24) is 5.32 Å². The largest absolute Gasteiger partial charge is 0.426 e. The number of hydrogen-bond acceptors (Lipinski definition) is 4. The van der Waals surface area contributed by atoms with E-state index in [4.69, 9.17) is 4.74 Å². The molecule has 1 aromatic carbocycles. The second-order valence-corrected chi connectivity index (χ2v) is 9.75. The lowest BCUT2D eigenvalue weighted by Crippen LogP contribution is -2.49. The van der Waals surface area contributed by atoms with Crippen LogP contribution in [0.3, 0.4) is 0 Å². The van der Waals surface area contributed by atoms with Gasteiger partial charge in [0.05, 0.1) is 11.0 Å². The van der Waals surface area contributed by atoms with Crippen LogP contribution in [0.15, 0.2) is 24.3 Å². The van der Waals surface area contributed by atoms with Gasteiger partial charge in [-0.2, -0.15) is 0 Å². The molecule has 2 aliphatic rings. The van der Waals surface area contributed by atoms with E-state index in [0.29, 0.717) is 11.7 Å². The molecule has 2 N–H and O–H groups in total. The van der Waals surface area contributed by atoms with Gasteiger partial charge >= 0.3 is 5.97 Å². The van der Waals surface area contributed by atoms with Crippen LogP contribution in [0.25, 0.3) is 0 Å². The highest BCUT2D eigenvalue weighted by atomic mass is 16.5. The maximum absolute atomic E-state index is 12.2. The minimum absolute atomic E-state index is 0.177. The highest BCUT2D eigenvalue weighted by Crippen LogP contribution is 2.60. The first-order valence-corrected chi connectivity index (χ1v) is 9.77. The molecule has 2 saturated carbocycles. The number of fused-ring (bicyclic) bond motifs is 2. The minimum Gasteiger partial charge on any atom is -0.426 e. The van der Waals surface area contributed by atoms with Crippen LogP contribution in [-0.2, 0) is 10.4 Å². The van der Waals surface area contributed by atoms with Crippen LogP contribution in [0.4, 0.5) is 0 Å². The summed E-state index contributed by atoms with van der Waals surface area (Å²) < 4.78 is 5.58. The lowest BCUT2D eigenvalue weighted by Gasteiger charge is -2.48. The molecule has 2 bridgehead atoms. The normalized spacial score (nSPS) is 33.9. The quantitative estimate of drug-likeness (QED) is 0.633. The number of benzene rings is 1. The fourth-order valence-electron chi connectivity index (χ4n) is 5.01. The van der Waals surface area contributed by atoms with Gasteiger partial charge in [-0.25, -0.2) is 0 Å². The highest BCUT2D eigenvalue weighted by Gasteiger charge is 2.55. The van der Waals surface area contributed by atoms with Crippen LogP contribution < -0.4 is 10.1 Å². The summed E-state index contributed by atoms with van der Waals surface area (Å²) in [7, 11) is 1.95. The third kappa shape index (κ3) is 3.54. The van der Waals surface area contributed by atoms with Crippen molar-refractivity contribution in [2.45, 2.75) is 59.0 Å². The van der Waals surface area contributed by atoms with E-state index in [0.717, 1.165) is 18.5 Å². The SMILES string of the molecule is CNCC1C2CCC(C)(C2)CC1(O)c1cccc(OC(=O)C(C)(C)C)c1. The number of nitrogens with one attached hydrogen (secondary N) is 1. The second-order valence-electron chi connectivity index (χ2n) is 9.75. The first-order valence-electron chi connectivity index (χ1n) is 9.77. The summed E-state index contributed by atoms with van der Waals surface area (Å²) >= 11 is 0. The fraction of sp³-hybridized carbons (Fsp3) is 0.682. The Morgan fingerprint density at radius 3 is 2.77 bits per heavy atom. The molecular formula is C22H33NO3. The van der Waals surface area contributed by atoms with Gasteiger partial charge in [0.2, 0.25) is 0 Å². The smallest absolute Gasteiger partial charge is 0.316 e. The maximum Gasteiger partial charge on any atom is 0.316 e. The summed E-state index contributed by atoms with van der Waals surface area (Å²) in [6.07, 6.45) is 4.32. The standard InChI is InChI=1S/C22H33NO3/c1-20(2,3)19(24)26-17-8-6-7-16(11-17)22(25)14-21(4)10-9-15(12-21)18(22)13-23-5/h6-8,11,15,18,23,25H,9-10,12-14H2,1-5H3. The van der Waals surface area contributed by atoms with Crippen molar-refractivity contribution < 1.29 is 14.6 Å². The topological polar surface area (TPSA) is 58.6 Å². The Kier molecular flexibility index (Phi) is 4.95. The zero-order chi connectivity index (χ0) is 19.2. The van der Waals surface area contributed by atoms with E-state index in [9.17, 15) is 9.90 Å². The third-order valence-electron chi connectivity index (χ3n) is 6.33. The lowest BCUT2D eigenvalue weighted by molar-refractivity contribution is -0.143. The van der Waals surface area contributed by atoms with Crippen molar-refractivity contribution in [3.8, 4) is 5.75 Å². The number of carbonyl (C=O) groups excluding carboxylic acids is 1. The Balaban J connectivity index is 1.93. The summed E-state index contributed by atoms with van der Waals surface area (Å²) in [5.74, 6) is 0.967. The van der Waals surface area contributed by atoms with Gasteiger partial charge in [0.1, 0.15) is 5.75 Å². The molecule has 0 spiro atoms. The molecule has 0 aromatic heterocycles. The predicted molar refractivity (Wildman–Crippen MR) is 103 cm³/mol. The predicted octanol–water partition coefficient (Wildman–Crippen LogP) is 3.87. The molecule has 1 aromatic rings. The van der Waals surface area contributed by atoms with Crippen LogP contribution in [0, 0.1) is 22.7 Å². The molecule has 2 fully saturated rings. The molecule has 4 unspecified atom stereocenters. The number of rotatable bonds is 4. The molecule has 4 atom stereocenters. The summed E-state index contributed by atoms with van der Waals surface area (Å²) in [5, 5.41) is 15.1. The van der Waals surface area contributed by atoms with Gasteiger partial charge in [0, 0.05) is 12.5 Å². The molecule has 26 heavy (non-hydrogen) atoms. The van der Waals surface area contributed by atoms with Crippen molar-refractivity contribution in [2.75, 3.05) is 13.6 Å². The molecule has 0 amide bonds. The number of esters is 1. The zero-order valence-corrected chi connectivity index (χ0v) is 16.8. The monoisotopic (exact) mass is 359 g/mol. The Hall–Kier alpha value is -1.39. The van der Waals surface area contributed by atoms with Gasteiger partial charge in [-0.05, 0) is 82.5 Å². The lowest BCUT2D eigenvalue weighted by atomic mass is 9.61. The Morgan fingerprint density at radius 1 is 1.38 bits per heavy atom. The van der Waals surface area contributed by atoms with E-state index in [1.54, 1.807) is 6.07 Å². The van der Waals surface area contributed by atoms with Gasteiger partial charge in [-0.1, -0.05) is 19.1 Å². The van der Waals surface area contributed by atoms with E-state index in [-0.39, 0.29) is 17.3 Å². The third-order valence-corrected chi connectivity index (χ3v) is 6.33. The van der Waals surface area contributed by atoms with Crippen molar-refractivity contribution in [1.29, 1.82) is 0 Å². The molecular weight excluding hydrogens is 326 g/mol. The first kappa shape index (κ1) is 19.4. The molecule has 0 aliphatic heterocycles. The average Bonchev–Trinajstić information content (AvgIpc) is 2.88. The van der Waals surface area contributed by atoms with Crippen molar-refractivity contribution in [3.63, 3.8) is 0 Å². The van der Waals surface area contributed by atoms with Crippen LogP contribution in [0.2, 0.25) is 0 Å². The fourth-order valence-corrected chi connectivity index (χ4v) is 5.01. The van der Waals surface area contributed by atoms with Crippen LogP contribution in [0.5, 0.6) is 5.75 Å². The van der Waals surface area contributed by atoms with Gasteiger partial charge < -0.3 is 15.2 Å². The van der Waals surface area contributed by atoms with Crippen molar-refractivity contribution in [2.24, 2.45) is 22.7 Å². The number of ether oxygens (including phenoxy) is 1. The van der Waals surface area contributed by atoms with Gasteiger partial charge in [-0.3, -0.25) is 4.79 Å². The van der Waals surface area contributed by atoms with Gasteiger partial charge in [0.25, 0.3) is 0 Å². The number of carbonyl (C=O) groups is 1. The summed E-state index contributed by atoms with van der Waals surface area (Å²) in [5.41, 5.74) is -0.378. The molecule has 2 aliphatic carbocycles. The molecule has 4 nitrogen and oxygen atoms in total. The summed E-state index contributed by atoms with van der Waals surface area (Å²) in [4.78, 5) is 12.2. The van der Waals surface area contributed by atoms with Crippen LogP contribution in [-0.4, -0.2) is 24.7 Å².